The summed E-state index contributed by atoms with van der Waals surface area (Å²) in [6.07, 6.45) is 6.33. The molecule has 0 bridgehead atoms. The van der Waals surface area contributed by atoms with E-state index in [0.29, 0.717) is 5.02 Å². The van der Waals surface area contributed by atoms with Gasteiger partial charge in [0.1, 0.15) is 0 Å². The summed E-state index contributed by atoms with van der Waals surface area (Å²) in [6, 6.07) is 99.8. The van der Waals surface area contributed by atoms with E-state index in [1.807, 2.05) is 6.07 Å². The first-order valence-electron chi connectivity index (χ1n) is 27.3. The quantitative estimate of drug-likeness (QED) is 0.0845. The monoisotopic (exact) mass is 1010 g/mol. The summed E-state index contributed by atoms with van der Waals surface area (Å²) in [6.45, 7) is 4.55. The molecule has 0 saturated carbocycles. The van der Waals surface area contributed by atoms with Gasteiger partial charge in [0.2, 0.25) is 0 Å². The van der Waals surface area contributed by atoms with Crippen molar-refractivity contribution >= 4 is 45.7 Å². The van der Waals surface area contributed by atoms with Crippen molar-refractivity contribution in [2.24, 2.45) is 0 Å². The van der Waals surface area contributed by atoms with Crippen LogP contribution in [0.1, 0.15) is 50.7 Å². The molecule has 0 spiro atoms. The summed E-state index contributed by atoms with van der Waals surface area (Å²) in [4.78, 5) is 5.03. The largest absolute Gasteiger partial charge is 0.309 e. The molecule has 0 heterocycles. The van der Waals surface area contributed by atoms with E-state index >= 15 is 0 Å². The molecule has 0 aliphatic rings. The number of unbranched alkanes of at least 4 members (excludes halogenated alkanes) is 2. The molecule has 77 heavy (non-hydrogen) atoms. The highest BCUT2D eigenvalue weighted by Gasteiger charge is 2.28. The Labute approximate surface area is 461 Å². The molecule has 0 aromatic heterocycles. The van der Waals surface area contributed by atoms with Crippen molar-refractivity contribution in [2.45, 2.75) is 52.4 Å². The highest BCUT2D eigenvalue weighted by atomic mass is 35.5. The van der Waals surface area contributed by atoms with Crippen LogP contribution in [-0.2, 0) is 12.8 Å². The van der Waals surface area contributed by atoms with E-state index in [2.05, 4.69) is 291 Å². The maximum Gasteiger partial charge on any atom is 0.0618 e. The van der Waals surface area contributed by atoms with Crippen LogP contribution in [0.2, 0.25) is 5.02 Å². The lowest BCUT2D eigenvalue weighted by molar-refractivity contribution is 0.794. The minimum Gasteiger partial charge on any atom is -0.309 e. The van der Waals surface area contributed by atoms with Gasteiger partial charge in [0.15, 0.2) is 0 Å². The first kappa shape index (κ1) is 50.5. The molecule has 2 nitrogen and oxygen atoms in total. The van der Waals surface area contributed by atoms with Crippen LogP contribution in [0.25, 0.3) is 66.8 Å². The van der Waals surface area contributed by atoms with Crippen LogP contribution in [-0.4, -0.2) is 0 Å². The van der Waals surface area contributed by atoms with Crippen molar-refractivity contribution in [3.05, 3.63) is 289 Å². The lowest BCUT2D eigenvalue weighted by Gasteiger charge is -2.34. The normalized spacial score (nSPS) is 11.1. The van der Waals surface area contributed by atoms with Crippen molar-refractivity contribution in [1.29, 1.82) is 0 Å². The molecule has 11 aromatic rings. The van der Waals surface area contributed by atoms with Gasteiger partial charge in [-0.1, -0.05) is 238 Å². The Bertz CT molecular complexity index is 3570. The zero-order valence-electron chi connectivity index (χ0n) is 44.0. The molecule has 0 amide bonds. The SMILES string of the molecule is CCCCc1ccc(N(c2cc(CCCC)cc(N(c3cccc(Cl)c3)c3c(-c4ccccc4)cc(-c4ccccc4)cc3-c3ccccc3)c2)c2c(-c3ccccc3)cc(-c3ccccc3)cc2-c2ccccc2)cc1. The zero-order valence-corrected chi connectivity index (χ0v) is 44.8. The molecule has 376 valence electrons. The highest BCUT2D eigenvalue weighted by molar-refractivity contribution is 6.31. The van der Waals surface area contributed by atoms with E-state index in [1.165, 1.54) is 16.7 Å². The first-order chi connectivity index (χ1) is 38.0. The van der Waals surface area contributed by atoms with Crippen LogP contribution >= 0.6 is 11.6 Å². The molecule has 0 atom stereocenters. The van der Waals surface area contributed by atoms with Gasteiger partial charge in [0, 0.05) is 50.0 Å². The Morgan fingerprint density at radius 3 is 0.987 bits per heavy atom. The minimum atomic E-state index is 0.668. The van der Waals surface area contributed by atoms with Gasteiger partial charge in [0.05, 0.1) is 11.4 Å². The molecule has 11 rings (SSSR count). The second-order valence-corrected chi connectivity index (χ2v) is 20.4. The maximum absolute atomic E-state index is 7.14. The third-order valence-electron chi connectivity index (χ3n) is 14.6. The fourth-order valence-electron chi connectivity index (χ4n) is 10.8. The minimum absolute atomic E-state index is 0.668. The fourth-order valence-corrected chi connectivity index (χ4v) is 10.9. The van der Waals surface area contributed by atoms with Gasteiger partial charge in [0.25, 0.3) is 0 Å². The van der Waals surface area contributed by atoms with Crippen LogP contribution in [0.15, 0.2) is 273 Å². The molecule has 0 N–H and O–H groups in total. The lowest BCUT2D eigenvalue weighted by atomic mass is 9.89. The van der Waals surface area contributed by atoms with Crippen molar-refractivity contribution in [2.75, 3.05) is 9.80 Å². The van der Waals surface area contributed by atoms with E-state index in [0.717, 1.165) is 134 Å². The summed E-state index contributed by atoms with van der Waals surface area (Å²) in [5.74, 6) is 0. The Morgan fingerprint density at radius 2 is 0.623 bits per heavy atom. The van der Waals surface area contributed by atoms with E-state index in [9.17, 15) is 0 Å². The Balaban J connectivity index is 1.26. The van der Waals surface area contributed by atoms with Gasteiger partial charge in [-0.2, -0.15) is 0 Å². The van der Waals surface area contributed by atoms with Gasteiger partial charge >= 0.3 is 0 Å². The number of halogens is 1. The third-order valence-corrected chi connectivity index (χ3v) is 14.8. The molecule has 0 radical (unpaired) electrons. The second-order valence-electron chi connectivity index (χ2n) is 19.9. The highest BCUT2D eigenvalue weighted by Crippen LogP contribution is 2.53. The summed E-state index contributed by atoms with van der Waals surface area (Å²) in [5.41, 5.74) is 22.6. The topological polar surface area (TPSA) is 6.48 Å². The smallest absolute Gasteiger partial charge is 0.0618 e. The molecule has 3 heteroatoms. The van der Waals surface area contributed by atoms with Crippen molar-refractivity contribution in [1.82, 2.24) is 0 Å². The van der Waals surface area contributed by atoms with Gasteiger partial charge < -0.3 is 9.80 Å². The molecule has 0 aliphatic carbocycles. The molecule has 0 saturated heterocycles. The van der Waals surface area contributed by atoms with Crippen LogP contribution in [0, 0.1) is 0 Å². The van der Waals surface area contributed by atoms with Gasteiger partial charge in [-0.15, -0.1) is 0 Å². The number of benzene rings is 11. The Hall–Kier alpha value is -8.69. The van der Waals surface area contributed by atoms with Crippen molar-refractivity contribution < 1.29 is 0 Å². The Morgan fingerprint density at radius 1 is 0.273 bits per heavy atom. The molecular formula is C74H63ClN2. The standard InChI is InChI=1S/C74H63ClN2/c1-3-5-26-54-42-44-65(45-43-54)76(73-69(58-32-17-9-18-33-58)48-62(56-28-13-7-14-29-56)49-70(73)59-34-19-10-20-35-59)67-46-55(27-6-4-2)47-68(53-67)77(66-41-25-40-64(75)52-66)74-71(60-36-21-11-22-37-60)50-63(57-30-15-8-16-31-57)51-72(74)61-38-23-12-24-39-61/h7-25,28-53H,3-6,26-27H2,1-2H3. The summed E-state index contributed by atoms with van der Waals surface area (Å²) >= 11 is 7.14. The van der Waals surface area contributed by atoms with Gasteiger partial charge in [-0.05, 0) is 154 Å². The summed E-state index contributed by atoms with van der Waals surface area (Å²) < 4.78 is 0. The third kappa shape index (κ3) is 11.3. The predicted octanol–water partition coefficient (Wildman–Crippen LogP) is 22.0. The fraction of sp³-hybridized carbons (Fsp3) is 0.108. The number of nitrogens with zero attached hydrogens (tertiary/aromatic N) is 2. The molecule has 0 unspecified atom stereocenters. The van der Waals surface area contributed by atoms with Crippen molar-refractivity contribution in [3.8, 4) is 66.8 Å². The van der Waals surface area contributed by atoms with Crippen molar-refractivity contribution in [3.63, 3.8) is 0 Å². The van der Waals surface area contributed by atoms with E-state index in [4.69, 9.17) is 11.6 Å². The lowest BCUT2D eigenvalue weighted by Crippen LogP contribution is -2.17. The summed E-state index contributed by atoms with van der Waals surface area (Å²) in [5, 5.41) is 0.668. The molecule has 0 fully saturated rings. The predicted molar refractivity (Wildman–Crippen MR) is 331 cm³/mol. The summed E-state index contributed by atoms with van der Waals surface area (Å²) in [7, 11) is 0. The second kappa shape index (κ2) is 23.9. The number of aryl methyl sites for hydroxylation is 2. The number of hydrogen-bond donors (Lipinski definition) is 0. The Kier molecular flexibility index (Phi) is 15.7. The first-order valence-corrected chi connectivity index (χ1v) is 27.7. The molecule has 0 aliphatic heterocycles. The number of rotatable bonds is 18. The van der Waals surface area contributed by atoms with Crippen LogP contribution < -0.4 is 9.80 Å². The number of hydrogen-bond acceptors (Lipinski definition) is 2. The average molecular weight is 1020 g/mol. The van der Waals surface area contributed by atoms with E-state index in [1.54, 1.807) is 0 Å². The molecule has 11 aromatic carbocycles. The number of anilines is 6. The zero-order chi connectivity index (χ0) is 52.3. The van der Waals surface area contributed by atoms with Gasteiger partial charge in [-0.25, -0.2) is 0 Å². The molecular weight excluding hydrogens is 952 g/mol. The van der Waals surface area contributed by atoms with Crippen LogP contribution in [0.5, 0.6) is 0 Å². The van der Waals surface area contributed by atoms with Crippen LogP contribution in [0.4, 0.5) is 34.1 Å². The van der Waals surface area contributed by atoms with E-state index in [-0.39, 0.29) is 0 Å². The van der Waals surface area contributed by atoms with E-state index < -0.39 is 0 Å². The maximum atomic E-state index is 7.14. The average Bonchev–Trinajstić information content (AvgIpc) is 3.51. The van der Waals surface area contributed by atoms with Gasteiger partial charge in [-0.3, -0.25) is 0 Å². The van der Waals surface area contributed by atoms with Crippen LogP contribution in [0.3, 0.4) is 0 Å².